The van der Waals surface area contributed by atoms with Gasteiger partial charge in [-0.25, -0.2) is 8.42 Å². The number of nitrogens with zero attached hydrogens (tertiary/aromatic N) is 1. The molecule has 0 heterocycles. The summed E-state index contributed by atoms with van der Waals surface area (Å²) >= 11 is 5.70. The van der Waals surface area contributed by atoms with Crippen LogP contribution in [0.25, 0.3) is 0 Å². The third kappa shape index (κ3) is 3.11. The average molecular weight is 245 g/mol. The maximum atomic E-state index is 11.2. The van der Waals surface area contributed by atoms with Crippen LogP contribution < -0.4 is 4.72 Å². The first-order valence-corrected chi connectivity index (χ1v) is 6.21. The SMILES string of the molecule is CCS(=O)(=O)Nc1ccc(Cl)c(C#N)c1. The molecule has 0 aliphatic rings. The number of rotatable bonds is 3. The van der Waals surface area contributed by atoms with E-state index in [1.807, 2.05) is 6.07 Å². The lowest BCUT2D eigenvalue weighted by Gasteiger charge is -2.06. The van der Waals surface area contributed by atoms with Gasteiger partial charge in [0.2, 0.25) is 10.0 Å². The summed E-state index contributed by atoms with van der Waals surface area (Å²) < 4.78 is 24.8. The Labute approximate surface area is 93.5 Å². The van der Waals surface area contributed by atoms with Crippen molar-refractivity contribution in [3.05, 3.63) is 28.8 Å². The molecule has 0 radical (unpaired) electrons. The van der Waals surface area contributed by atoms with Gasteiger partial charge in [0.15, 0.2) is 0 Å². The van der Waals surface area contributed by atoms with Gasteiger partial charge >= 0.3 is 0 Å². The van der Waals surface area contributed by atoms with Crippen LogP contribution in [0, 0.1) is 11.3 Å². The Morgan fingerprint density at radius 2 is 2.20 bits per heavy atom. The van der Waals surface area contributed by atoms with Crippen LogP contribution in [0.2, 0.25) is 5.02 Å². The molecule has 4 nitrogen and oxygen atoms in total. The van der Waals surface area contributed by atoms with Gasteiger partial charge in [0.1, 0.15) is 6.07 Å². The third-order valence-corrected chi connectivity index (χ3v) is 3.38. The second kappa shape index (κ2) is 4.51. The first kappa shape index (κ1) is 11.8. The summed E-state index contributed by atoms with van der Waals surface area (Å²) in [5, 5.41) is 8.99. The fourth-order valence-corrected chi connectivity index (χ4v) is 1.72. The summed E-state index contributed by atoms with van der Waals surface area (Å²) in [5.41, 5.74) is 0.589. The standard InChI is InChI=1S/C9H9ClN2O2S/c1-2-15(13,14)12-8-3-4-9(10)7(5-8)6-11/h3-5,12H,2H2,1H3. The van der Waals surface area contributed by atoms with E-state index in [4.69, 9.17) is 16.9 Å². The Morgan fingerprint density at radius 3 is 2.73 bits per heavy atom. The molecule has 1 aromatic rings. The topological polar surface area (TPSA) is 70.0 Å². The normalized spacial score (nSPS) is 10.7. The lowest BCUT2D eigenvalue weighted by molar-refractivity contribution is 0.602. The molecule has 6 heteroatoms. The van der Waals surface area contributed by atoms with E-state index in [1.54, 1.807) is 0 Å². The molecule has 80 valence electrons. The second-order valence-electron chi connectivity index (χ2n) is 2.81. The minimum Gasteiger partial charge on any atom is -0.284 e. The highest BCUT2D eigenvalue weighted by Gasteiger charge is 2.08. The van der Waals surface area contributed by atoms with Crippen molar-refractivity contribution < 1.29 is 8.42 Å². The molecule has 0 saturated heterocycles. The van der Waals surface area contributed by atoms with Crippen molar-refractivity contribution >= 4 is 27.3 Å². The van der Waals surface area contributed by atoms with E-state index in [-0.39, 0.29) is 11.3 Å². The third-order valence-electron chi connectivity index (χ3n) is 1.74. The predicted octanol–water partition coefficient (Wildman–Crippen LogP) is 1.97. The van der Waals surface area contributed by atoms with Gasteiger partial charge in [0.05, 0.1) is 16.3 Å². The molecule has 0 aliphatic heterocycles. The van der Waals surface area contributed by atoms with Gasteiger partial charge in [-0.3, -0.25) is 4.72 Å². The highest BCUT2D eigenvalue weighted by molar-refractivity contribution is 7.92. The van der Waals surface area contributed by atoms with Crippen molar-refractivity contribution in [2.24, 2.45) is 0 Å². The molecule has 0 spiro atoms. The highest BCUT2D eigenvalue weighted by atomic mass is 35.5. The Kier molecular flexibility index (Phi) is 3.56. The first-order chi connectivity index (χ1) is 6.98. The van der Waals surface area contributed by atoms with Gasteiger partial charge in [0, 0.05) is 5.69 Å². The zero-order valence-corrected chi connectivity index (χ0v) is 9.56. The molecule has 0 atom stereocenters. The van der Waals surface area contributed by atoms with Crippen molar-refractivity contribution in [3.8, 4) is 6.07 Å². The van der Waals surface area contributed by atoms with Gasteiger partial charge in [-0.05, 0) is 25.1 Å². The van der Waals surface area contributed by atoms with E-state index >= 15 is 0 Å². The summed E-state index contributed by atoms with van der Waals surface area (Å²) in [6, 6.07) is 6.26. The summed E-state index contributed by atoms with van der Waals surface area (Å²) in [6.45, 7) is 1.53. The summed E-state index contributed by atoms with van der Waals surface area (Å²) in [6.07, 6.45) is 0. The molecule has 1 aromatic carbocycles. The quantitative estimate of drug-likeness (QED) is 0.884. The molecule has 15 heavy (non-hydrogen) atoms. The van der Waals surface area contributed by atoms with E-state index in [1.165, 1.54) is 25.1 Å². The first-order valence-electron chi connectivity index (χ1n) is 4.18. The summed E-state index contributed by atoms with van der Waals surface area (Å²) in [7, 11) is -3.31. The minimum absolute atomic E-state index is 0.0164. The lowest BCUT2D eigenvalue weighted by Crippen LogP contribution is -2.14. The fraction of sp³-hybridized carbons (Fsp3) is 0.222. The Bertz CT molecular complexity index is 505. The highest BCUT2D eigenvalue weighted by Crippen LogP contribution is 2.20. The average Bonchev–Trinajstić information content (AvgIpc) is 2.20. The number of hydrogen-bond acceptors (Lipinski definition) is 3. The van der Waals surface area contributed by atoms with E-state index < -0.39 is 10.0 Å². The van der Waals surface area contributed by atoms with Crippen molar-refractivity contribution in [2.45, 2.75) is 6.92 Å². The van der Waals surface area contributed by atoms with E-state index in [2.05, 4.69) is 4.72 Å². The Morgan fingerprint density at radius 1 is 1.53 bits per heavy atom. The molecule has 0 fully saturated rings. The van der Waals surface area contributed by atoms with Gasteiger partial charge < -0.3 is 0 Å². The zero-order valence-electron chi connectivity index (χ0n) is 7.99. The monoisotopic (exact) mass is 244 g/mol. The van der Waals surface area contributed by atoms with Gasteiger partial charge in [-0.1, -0.05) is 11.6 Å². The molecule has 0 bridgehead atoms. The lowest BCUT2D eigenvalue weighted by atomic mass is 10.2. The maximum absolute atomic E-state index is 11.2. The van der Waals surface area contributed by atoms with Crippen LogP contribution >= 0.6 is 11.6 Å². The van der Waals surface area contributed by atoms with Crippen LogP contribution in [0.3, 0.4) is 0 Å². The van der Waals surface area contributed by atoms with Gasteiger partial charge in [0.25, 0.3) is 0 Å². The molecule has 0 aromatic heterocycles. The molecule has 0 aliphatic carbocycles. The maximum Gasteiger partial charge on any atom is 0.232 e. The molecule has 1 rings (SSSR count). The van der Waals surface area contributed by atoms with Crippen molar-refractivity contribution in [1.82, 2.24) is 0 Å². The zero-order chi connectivity index (χ0) is 11.5. The largest absolute Gasteiger partial charge is 0.284 e. The number of hydrogen-bond donors (Lipinski definition) is 1. The van der Waals surface area contributed by atoms with E-state index in [0.29, 0.717) is 10.7 Å². The van der Waals surface area contributed by atoms with Crippen LogP contribution in [0.15, 0.2) is 18.2 Å². The van der Waals surface area contributed by atoms with Crippen molar-refractivity contribution in [2.75, 3.05) is 10.5 Å². The molecule has 0 amide bonds. The number of nitrogens with one attached hydrogen (secondary N) is 1. The fourth-order valence-electron chi connectivity index (χ4n) is 0.926. The number of nitriles is 1. The molecular weight excluding hydrogens is 236 g/mol. The molecule has 0 unspecified atom stereocenters. The molecule has 0 saturated carbocycles. The smallest absolute Gasteiger partial charge is 0.232 e. The van der Waals surface area contributed by atoms with Crippen LogP contribution in [0.5, 0.6) is 0 Å². The number of sulfonamides is 1. The summed E-state index contributed by atoms with van der Waals surface area (Å²) in [4.78, 5) is 0. The number of benzene rings is 1. The summed E-state index contributed by atoms with van der Waals surface area (Å²) in [5.74, 6) is -0.0164. The van der Waals surface area contributed by atoms with Gasteiger partial charge in [-0.2, -0.15) is 5.26 Å². The second-order valence-corrected chi connectivity index (χ2v) is 5.23. The van der Waals surface area contributed by atoms with Crippen LogP contribution in [0.1, 0.15) is 12.5 Å². The Balaban J connectivity index is 3.04. The van der Waals surface area contributed by atoms with Crippen LogP contribution in [-0.4, -0.2) is 14.2 Å². The minimum atomic E-state index is -3.31. The Hall–Kier alpha value is -1.25. The number of anilines is 1. The number of halogens is 1. The molecule has 1 N–H and O–H groups in total. The van der Waals surface area contributed by atoms with Crippen LogP contribution in [0.4, 0.5) is 5.69 Å². The van der Waals surface area contributed by atoms with Crippen LogP contribution in [-0.2, 0) is 10.0 Å². The predicted molar refractivity (Wildman–Crippen MR) is 59.3 cm³/mol. The van der Waals surface area contributed by atoms with Crippen molar-refractivity contribution in [3.63, 3.8) is 0 Å². The van der Waals surface area contributed by atoms with Crippen molar-refractivity contribution in [1.29, 1.82) is 5.26 Å². The van der Waals surface area contributed by atoms with E-state index in [0.717, 1.165) is 0 Å². The van der Waals surface area contributed by atoms with Gasteiger partial charge in [-0.15, -0.1) is 0 Å². The molecular formula is C9H9ClN2O2S. The van der Waals surface area contributed by atoms with E-state index in [9.17, 15) is 8.42 Å².